The second-order valence-corrected chi connectivity index (χ2v) is 8.01. The molecule has 0 spiro atoms. The molecule has 1 aliphatic heterocycles. The lowest BCUT2D eigenvalue weighted by Gasteiger charge is -2.32. The Kier molecular flexibility index (Phi) is 5.12. The van der Waals surface area contributed by atoms with Gasteiger partial charge in [-0.3, -0.25) is 4.90 Å². The number of aliphatic hydroxyl groups excluding tert-OH is 1. The van der Waals surface area contributed by atoms with Gasteiger partial charge in [-0.15, -0.1) is 0 Å². The molecule has 0 aromatic heterocycles. The summed E-state index contributed by atoms with van der Waals surface area (Å²) in [5.41, 5.74) is 7.25. The fraction of sp³-hybridized carbons (Fsp3) is 0.455. The molecule has 1 atom stereocenters. The van der Waals surface area contributed by atoms with Crippen molar-refractivity contribution < 1.29 is 5.11 Å². The molecule has 1 N–H and O–H groups in total. The molecule has 1 aliphatic carbocycles. The zero-order chi connectivity index (χ0) is 17.2. The number of β-amino-alcohol motifs (C(OH)–C–C–N with tert-alkyl or cyclic N) is 1. The highest BCUT2D eigenvalue weighted by Gasteiger charge is 2.21. The van der Waals surface area contributed by atoms with Gasteiger partial charge >= 0.3 is 0 Å². The normalized spacial score (nSPS) is 18.5. The Labute approximate surface area is 155 Å². The summed E-state index contributed by atoms with van der Waals surface area (Å²) in [6.45, 7) is 2.73. The highest BCUT2D eigenvalue weighted by atomic mass is 35.5. The lowest BCUT2D eigenvalue weighted by atomic mass is 9.86. The van der Waals surface area contributed by atoms with E-state index in [4.69, 9.17) is 11.6 Å². The highest BCUT2D eigenvalue weighted by Crippen LogP contribution is 2.28. The maximum Gasteiger partial charge on any atom is 0.0707 e. The largest absolute Gasteiger partial charge is 0.391 e. The fourth-order valence-corrected chi connectivity index (χ4v) is 4.53. The van der Waals surface area contributed by atoms with Gasteiger partial charge in [0, 0.05) is 24.7 Å². The first-order valence-electron chi connectivity index (χ1n) is 9.46. The standard InChI is InChI=1S/C22H26ClNO/c23-21-7-3-4-16(10-21)11-22(25)15-24-9-8-19-12-17-5-1-2-6-18(17)13-20(19)14-24/h3-4,7,10,12-13,22,25H,1-2,5-6,8-9,11,14-15H2. The Bertz CT molecular complexity index is 758. The van der Waals surface area contributed by atoms with E-state index in [-0.39, 0.29) is 6.10 Å². The van der Waals surface area contributed by atoms with Crippen molar-refractivity contribution in [2.45, 2.75) is 51.2 Å². The van der Waals surface area contributed by atoms with Gasteiger partial charge in [-0.25, -0.2) is 0 Å². The van der Waals surface area contributed by atoms with E-state index in [0.29, 0.717) is 6.42 Å². The van der Waals surface area contributed by atoms with Crippen LogP contribution in [-0.2, 0) is 32.2 Å². The summed E-state index contributed by atoms with van der Waals surface area (Å²) >= 11 is 6.04. The third-order valence-corrected chi connectivity index (χ3v) is 5.82. The van der Waals surface area contributed by atoms with Gasteiger partial charge in [0.05, 0.1) is 6.10 Å². The number of aliphatic hydroxyl groups is 1. The average Bonchev–Trinajstić information content (AvgIpc) is 2.60. The molecule has 2 aromatic rings. The summed E-state index contributed by atoms with van der Waals surface area (Å²) < 4.78 is 0. The van der Waals surface area contributed by atoms with Crippen LogP contribution in [0.25, 0.3) is 0 Å². The van der Waals surface area contributed by atoms with Crippen LogP contribution < -0.4 is 0 Å². The quantitative estimate of drug-likeness (QED) is 0.889. The summed E-state index contributed by atoms with van der Waals surface area (Å²) in [5.74, 6) is 0. The first-order chi connectivity index (χ1) is 12.2. The SMILES string of the molecule is OC(Cc1cccc(Cl)c1)CN1CCc2cc3c(cc2C1)CCCC3. The minimum absolute atomic E-state index is 0.349. The maximum absolute atomic E-state index is 10.5. The van der Waals surface area contributed by atoms with Crippen molar-refractivity contribution in [2.75, 3.05) is 13.1 Å². The number of rotatable bonds is 4. The van der Waals surface area contributed by atoms with E-state index in [1.807, 2.05) is 24.3 Å². The van der Waals surface area contributed by atoms with Crippen molar-refractivity contribution in [3.8, 4) is 0 Å². The maximum atomic E-state index is 10.5. The van der Waals surface area contributed by atoms with Crippen LogP contribution >= 0.6 is 11.6 Å². The monoisotopic (exact) mass is 355 g/mol. The number of nitrogens with zero attached hydrogens (tertiary/aromatic N) is 1. The fourth-order valence-electron chi connectivity index (χ4n) is 4.32. The number of halogens is 1. The lowest BCUT2D eigenvalue weighted by Crippen LogP contribution is -2.37. The van der Waals surface area contributed by atoms with Gasteiger partial charge in [-0.2, -0.15) is 0 Å². The van der Waals surface area contributed by atoms with E-state index in [2.05, 4.69) is 17.0 Å². The second-order valence-electron chi connectivity index (χ2n) is 7.57. The Hall–Kier alpha value is -1.35. The molecule has 3 heteroatoms. The van der Waals surface area contributed by atoms with Gasteiger partial charge in [0.2, 0.25) is 0 Å². The molecule has 0 fully saturated rings. The summed E-state index contributed by atoms with van der Waals surface area (Å²) in [6.07, 6.45) is 6.57. The molecule has 0 bridgehead atoms. The zero-order valence-corrected chi connectivity index (χ0v) is 15.4. The lowest BCUT2D eigenvalue weighted by molar-refractivity contribution is 0.105. The molecule has 132 valence electrons. The van der Waals surface area contributed by atoms with Gasteiger partial charge in [-0.1, -0.05) is 35.9 Å². The van der Waals surface area contributed by atoms with Crippen molar-refractivity contribution in [3.05, 3.63) is 69.2 Å². The van der Waals surface area contributed by atoms with Crippen molar-refractivity contribution in [1.82, 2.24) is 4.90 Å². The smallest absolute Gasteiger partial charge is 0.0707 e. The van der Waals surface area contributed by atoms with Crippen LogP contribution in [0.3, 0.4) is 0 Å². The van der Waals surface area contributed by atoms with E-state index < -0.39 is 0 Å². The molecule has 2 nitrogen and oxygen atoms in total. The van der Waals surface area contributed by atoms with Gasteiger partial charge in [0.15, 0.2) is 0 Å². The Morgan fingerprint density at radius 2 is 1.68 bits per heavy atom. The number of aryl methyl sites for hydroxylation is 2. The predicted octanol–water partition coefficient (Wildman–Crippen LogP) is 4.18. The van der Waals surface area contributed by atoms with Crippen LogP contribution in [-0.4, -0.2) is 29.2 Å². The summed E-state index contributed by atoms with van der Waals surface area (Å²) in [6, 6.07) is 12.7. The van der Waals surface area contributed by atoms with Crippen molar-refractivity contribution in [1.29, 1.82) is 0 Å². The van der Waals surface area contributed by atoms with Crippen molar-refractivity contribution in [3.63, 3.8) is 0 Å². The van der Waals surface area contributed by atoms with E-state index >= 15 is 0 Å². The molecule has 1 unspecified atom stereocenters. The Balaban J connectivity index is 1.40. The minimum atomic E-state index is -0.349. The molecule has 0 saturated carbocycles. The predicted molar refractivity (Wildman–Crippen MR) is 103 cm³/mol. The van der Waals surface area contributed by atoms with Gasteiger partial charge < -0.3 is 5.11 Å². The Morgan fingerprint density at radius 1 is 0.960 bits per heavy atom. The first-order valence-corrected chi connectivity index (χ1v) is 9.83. The number of fused-ring (bicyclic) bond motifs is 2. The molecular formula is C22H26ClNO. The third kappa shape index (κ3) is 4.08. The van der Waals surface area contributed by atoms with Crippen molar-refractivity contribution >= 4 is 11.6 Å². The molecule has 2 aliphatic rings. The number of benzene rings is 2. The molecule has 25 heavy (non-hydrogen) atoms. The number of hydrogen-bond acceptors (Lipinski definition) is 2. The van der Waals surface area contributed by atoms with Crippen LogP contribution in [0.4, 0.5) is 0 Å². The third-order valence-electron chi connectivity index (χ3n) is 5.58. The minimum Gasteiger partial charge on any atom is -0.391 e. The molecular weight excluding hydrogens is 330 g/mol. The summed E-state index contributed by atoms with van der Waals surface area (Å²) in [4.78, 5) is 2.40. The second kappa shape index (κ2) is 7.49. The van der Waals surface area contributed by atoms with E-state index in [1.54, 1.807) is 11.1 Å². The summed E-state index contributed by atoms with van der Waals surface area (Å²) in [7, 11) is 0. The highest BCUT2D eigenvalue weighted by molar-refractivity contribution is 6.30. The van der Waals surface area contributed by atoms with Crippen LogP contribution in [0.5, 0.6) is 0 Å². The number of hydrogen-bond donors (Lipinski definition) is 1. The summed E-state index contributed by atoms with van der Waals surface area (Å²) in [5, 5.41) is 11.2. The van der Waals surface area contributed by atoms with Crippen LogP contribution in [0.15, 0.2) is 36.4 Å². The van der Waals surface area contributed by atoms with Crippen molar-refractivity contribution in [2.24, 2.45) is 0 Å². The zero-order valence-electron chi connectivity index (χ0n) is 14.7. The van der Waals surface area contributed by atoms with E-state index in [9.17, 15) is 5.11 Å². The molecule has 0 amide bonds. The molecule has 1 heterocycles. The molecule has 2 aromatic carbocycles. The molecule has 0 saturated heterocycles. The first kappa shape index (κ1) is 17.1. The molecule has 0 radical (unpaired) electrons. The van der Waals surface area contributed by atoms with Gasteiger partial charge in [-0.05, 0) is 78.5 Å². The van der Waals surface area contributed by atoms with Gasteiger partial charge in [0.25, 0.3) is 0 Å². The average molecular weight is 356 g/mol. The van der Waals surface area contributed by atoms with E-state index in [0.717, 1.165) is 36.6 Å². The van der Waals surface area contributed by atoms with Gasteiger partial charge in [0.1, 0.15) is 0 Å². The topological polar surface area (TPSA) is 23.5 Å². The van der Waals surface area contributed by atoms with Crippen LogP contribution in [0, 0.1) is 0 Å². The molecule has 4 rings (SSSR count). The van der Waals surface area contributed by atoms with E-state index in [1.165, 1.54) is 36.8 Å². The van der Waals surface area contributed by atoms with Crippen LogP contribution in [0.2, 0.25) is 5.02 Å². The van der Waals surface area contributed by atoms with Crippen LogP contribution in [0.1, 0.15) is 40.7 Å². The Morgan fingerprint density at radius 3 is 2.44 bits per heavy atom.